The first-order valence-corrected chi connectivity index (χ1v) is 9.31. The van der Waals surface area contributed by atoms with Gasteiger partial charge in [0.15, 0.2) is 0 Å². The SMILES string of the molecule is O=C(O)CN1CC2(Cc3ccc(OCc4c(Cl)cccc4Cl)cc3C2)C1. The molecule has 1 aliphatic heterocycles. The van der Waals surface area contributed by atoms with Gasteiger partial charge in [-0.1, -0.05) is 35.3 Å². The first-order valence-electron chi connectivity index (χ1n) is 8.56. The maximum Gasteiger partial charge on any atom is 0.317 e. The molecule has 2 aromatic rings. The number of aliphatic carboxylic acids is 1. The van der Waals surface area contributed by atoms with Gasteiger partial charge in [0.25, 0.3) is 0 Å². The smallest absolute Gasteiger partial charge is 0.317 e. The van der Waals surface area contributed by atoms with Crippen molar-refractivity contribution < 1.29 is 14.6 Å². The lowest BCUT2D eigenvalue weighted by atomic mass is 9.77. The van der Waals surface area contributed by atoms with Gasteiger partial charge >= 0.3 is 5.97 Å². The van der Waals surface area contributed by atoms with Gasteiger partial charge in [-0.15, -0.1) is 0 Å². The van der Waals surface area contributed by atoms with Crippen molar-refractivity contribution in [3.8, 4) is 5.75 Å². The molecule has 0 atom stereocenters. The first kappa shape index (κ1) is 17.7. The van der Waals surface area contributed by atoms with Crippen LogP contribution in [0, 0.1) is 5.41 Å². The third kappa shape index (κ3) is 3.41. The number of benzene rings is 2. The van der Waals surface area contributed by atoms with Gasteiger partial charge in [0.1, 0.15) is 12.4 Å². The first-order chi connectivity index (χ1) is 12.4. The number of ether oxygens (including phenoxy) is 1. The highest BCUT2D eigenvalue weighted by Crippen LogP contribution is 2.44. The molecule has 1 aliphatic carbocycles. The topological polar surface area (TPSA) is 49.8 Å². The fourth-order valence-corrected chi connectivity index (χ4v) is 4.66. The molecule has 2 aromatic carbocycles. The monoisotopic (exact) mass is 391 g/mol. The minimum Gasteiger partial charge on any atom is -0.489 e. The fourth-order valence-electron chi connectivity index (χ4n) is 4.15. The molecule has 1 fully saturated rings. The van der Waals surface area contributed by atoms with Crippen molar-refractivity contribution in [2.24, 2.45) is 5.41 Å². The highest BCUT2D eigenvalue weighted by atomic mass is 35.5. The number of hydrogen-bond acceptors (Lipinski definition) is 3. The summed E-state index contributed by atoms with van der Waals surface area (Å²) in [5.41, 5.74) is 3.62. The molecule has 1 spiro atoms. The molecule has 0 bridgehead atoms. The van der Waals surface area contributed by atoms with Crippen molar-refractivity contribution in [3.05, 3.63) is 63.1 Å². The summed E-state index contributed by atoms with van der Waals surface area (Å²) in [7, 11) is 0. The van der Waals surface area contributed by atoms with E-state index in [1.54, 1.807) is 12.1 Å². The van der Waals surface area contributed by atoms with Crippen LogP contribution in [0.2, 0.25) is 10.0 Å². The van der Waals surface area contributed by atoms with Gasteiger partial charge in [0, 0.05) is 34.1 Å². The predicted octanol–water partition coefficient (Wildman–Crippen LogP) is 4.06. The van der Waals surface area contributed by atoms with Crippen LogP contribution in [0.3, 0.4) is 0 Å². The molecule has 1 heterocycles. The second-order valence-electron chi connectivity index (χ2n) is 7.31. The Hall–Kier alpha value is -1.75. The lowest BCUT2D eigenvalue weighted by Gasteiger charge is -2.47. The largest absolute Gasteiger partial charge is 0.489 e. The molecule has 136 valence electrons. The predicted molar refractivity (Wildman–Crippen MR) is 101 cm³/mol. The Labute approximate surface area is 162 Å². The van der Waals surface area contributed by atoms with Crippen molar-refractivity contribution in [1.82, 2.24) is 4.90 Å². The van der Waals surface area contributed by atoms with Crippen LogP contribution in [0.1, 0.15) is 16.7 Å². The summed E-state index contributed by atoms with van der Waals surface area (Å²) in [5.74, 6) is 0.0442. The summed E-state index contributed by atoms with van der Waals surface area (Å²) in [6, 6.07) is 11.6. The Kier molecular flexibility index (Phi) is 4.59. The minimum atomic E-state index is -0.760. The van der Waals surface area contributed by atoms with E-state index in [2.05, 4.69) is 12.1 Å². The number of nitrogens with zero attached hydrogens (tertiary/aromatic N) is 1. The molecule has 0 amide bonds. The Morgan fingerprint density at radius 3 is 2.50 bits per heavy atom. The highest BCUT2D eigenvalue weighted by molar-refractivity contribution is 6.35. The number of carboxylic acids is 1. The number of rotatable bonds is 5. The van der Waals surface area contributed by atoms with Gasteiger partial charge in [-0.25, -0.2) is 0 Å². The molecule has 0 unspecified atom stereocenters. The maximum atomic E-state index is 10.8. The van der Waals surface area contributed by atoms with E-state index in [9.17, 15) is 4.79 Å². The van der Waals surface area contributed by atoms with E-state index in [1.165, 1.54) is 11.1 Å². The molecule has 0 aromatic heterocycles. The summed E-state index contributed by atoms with van der Waals surface area (Å²) in [5, 5.41) is 10.1. The van der Waals surface area contributed by atoms with E-state index in [-0.39, 0.29) is 12.0 Å². The molecule has 2 aliphatic rings. The fraction of sp³-hybridized carbons (Fsp3) is 0.350. The average molecular weight is 392 g/mol. The van der Waals surface area contributed by atoms with E-state index in [0.717, 1.165) is 37.2 Å². The van der Waals surface area contributed by atoms with Crippen molar-refractivity contribution in [3.63, 3.8) is 0 Å². The summed E-state index contributed by atoms with van der Waals surface area (Å²) >= 11 is 12.4. The van der Waals surface area contributed by atoms with Crippen LogP contribution < -0.4 is 4.74 Å². The lowest BCUT2D eigenvalue weighted by molar-refractivity contribution is -0.141. The van der Waals surface area contributed by atoms with Gasteiger partial charge in [-0.05, 0) is 48.2 Å². The van der Waals surface area contributed by atoms with E-state index in [4.69, 9.17) is 33.0 Å². The van der Waals surface area contributed by atoms with Gasteiger partial charge in [-0.3, -0.25) is 9.69 Å². The lowest BCUT2D eigenvalue weighted by Crippen LogP contribution is -2.58. The van der Waals surface area contributed by atoms with E-state index < -0.39 is 5.97 Å². The molecule has 4 nitrogen and oxygen atoms in total. The number of likely N-dealkylation sites (tertiary alicyclic amines) is 1. The van der Waals surface area contributed by atoms with Crippen LogP contribution in [0.25, 0.3) is 0 Å². The molecule has 4 rings (SSSR count). The van der Waals surface area contributed by atoms with Crippen molar-refractivity contribution >= 4 is 29.2 Å². The standard InChI is InChI=1S/C20H19Cl2NO3/c21-17-2-1-3-18(22)16(17)10-26-15-5-4-13-7-20(8-14(13)6-15)11-23(12-20)9-19(24)25/h1-6H,7-12H2,(H,24,25). The van der Waals surface area contributed by atoms with E-state index in [0.29, 0.717) is 16.7 Å². The minimum absolute atomic E-state index is 0.130. The molecule has 1 saturated heterocycles. The third-order valence-electron chi connectivity index (χ3n) is 5.23. The summed E-state index contributed by atoms with van der Waals surface area (Å²) in [6.45, 7) is 2.15. The second-order valence-corrected chi connectivity index (χ2v) is 8.13. The zero-order chi connectivity index (χ0) is 18.3. The van der Waals surface area contributed by atoms with Gasteiger partial charge in [0.2, 0.25) is 0 Å². The molecular formula is C20H19Cl2NO3. The quantitative estimate of drug-likeness (QED) is 0.834. The van der Waals surface area contributed by atoms with Crippen LogP contribution in [-0.4, -0.2) is 35.6 Å². The highest BCUT2D eigenvalue weighted by Gasteiger charge is 2.47. The number of carbonyl (C=O) groups is 1. The Morgan fingerprint density at radius 2 is 1.81 bits per heavy atom. The van der Waals surface area contributed by atoms with Gasteiger partial charge in [0.05, 0.1) is 6.54 Å². The summed E-state index contributed by atoms with van der Waals surface area (Å²) in [4.78, 5) is 12.8. The van der Waals surface area contributed by atoms with Gasteiger partial charge in [-0.2, -0.15) is 0 Å². The maximum absolute atomic E-state index is 10.8. The third-order valence-corrected chi connectivity index (χ3v) is 5.94. The van der Waals surface area contributed by atoms with Crippen molar-refractivity contribution in [1.29, 1.82) is 0 Å². The average Bonchev–Trinajstić information content (AvgIpc) is 2.92. The molecule has 0 radical (unpaired) electrons. The zero-order valence-corrected chi connectivity index (χ0v) is 15.7. The van der Waals surface area contributed by atoms with Gasteiger partial charge < -0.3 is 9.84 Å². The van der Waals surface area contributed by atoms with E-state index in [1.807, 2.05) is 17.0 Å². The molecular weight excluding hydrogens is 373 g/mol. The Morgan fingerprint density at radius 1 is 1.12 bits per heavy atom. The summed E-state index contributed by atoms with van der Waals surface area (Å²) in [6.07, 6.45) is 1.98. The molecule has 26 heavy (non-hydrogen) atoms. The van der Waals surface area contributed by atoms with Crippen LogP contribution in [0.15, 0.2) is 36.4 Å². The van der Waals surface area contributed by atoms with Crippen LogP contribution >= 0.6 is 23.2 Å². The number of halogens is 2. The van der Waals surface area contributed by atoms with Crippen molar-refractivity contribution in [2.75, 3.05) is 19.6 Å². The Balaban J connectivity index is 1.41. The van der Waals surface area contributed by atoms with Crippen molar-refractivity contribution in [2.45, 2.75) is 19.4 Å². The normalized spacial score (nSPS) is 17.8. The van der Waals surface area contributed by atoms with Crippen LogP contribution in [0.5, 0.6) is 5.75 Å². The van der Waals surface area contributed by atoms with Crippen LogP contribution in [0.4, 0.5) is 0 Å². The Bertz CT molecular complexity index is 842. The number of carboxylic acid groups (broad SMARTS) is 1. The number of hydrogen-bond donors (Lipinski definition) is 1. The van der Waals surface area contributed by atoms with E-state index >= 15 is 0 Å². The molecule has 6 heteroatoms. The summed E-state index contributed by atoms with van der Waals surface area (Å²) < 4.78 is 5.92. The number of fused-ring (bicyclic) bond motifs is 1. The van der Waals surface area contributed by atoms with Crippen LogP contribution in [-0.2, 0) is 24.2 Å². The molecule has 1 N–H and O–H groups in total. The second kappa shape index (κ2) is 6.76. The molecule has 0 saturated carbocycles. The zero-order valence-electron chi connectivity index (χ0n) is 14.2.